The predicted molar refractivity (Wildman–Crippen MR) is 79.6 cm³/mol. The number of para-hydroxylation sites is 1. The van der Waals surface area contributed by atoms with E-state index in [4.69, 9.17) is 14.9 Å². The standard InChI is InChI=1S/C16H22N2O2/c1-3-20-16-7-5-4-6-14(16)15(10-17)18(2)11-13-8-9-19-12-13/h4-9,12,15H,3,10-11,17H2,1-2H3. The number of hydrogen-bond acceptors (Lipinski definition) is 4. The molecule has 0 aliphatic rings. The van der Waals surface area contributed by atoms with Crippen molar-refractivity contribution in [3.8, 4) is 5.75 Å². The minimum Gasteiger partial charge on any atom is -0.494 e. The Kier molecular flexibility index (Phi) is 5.21. The van der Waals surface area contributed by atoms with E-state index < -0.39 is 0 Å². The molecule has 1 aromatic carbocycles. The Hall–Kier alpha value is -1.78. The lowest BCUT2D eigenvalue weighted by molar-refractivity contribution is 0.232. The van der Waals surface area contributed by atoms with Crippen molar-refractivity contribution in [3.63, 3.8) is 0 Å². The molecule has 20 heavy (non-hydrogen) atoms. The number of hydrogen-bond donors (Lipinski definition) is 1. The molecule has 1 heterocycles. The number of nitrogens with zero attached hydrogens (tertiary/aromatic N) is 1. The lowest BCUT2D eigenvalue weighted by Crippen LogP contribution is -2.30. The molecule has 0 saturated heterocycles. The molecule has 4 heteroatoms. The Bertz CT molecular complexity index is 511. The normalized spacial score (nSPS) is 12.6. The topological polar surface area (TPSA) is 51.6 Å². The molecule has 0 bridgehead atoms. The van der Waals surface area contributed by atoms with Crippen molar-refractivity contribution in [1.82, 2.24) is 4.90 Å². The van der Waals surface area contributed by atoms with Crippen LogP contribution in [0.25, 0.3) is 0 Å². The molecule has 4 nitrogen and oxygen atoms in total. The average Bonchev–Trinajstić information content (AvgIpc) is 2.94. The predicted octanol–water partition coefficient (Wildman–Crippen LogP) is 2.81. The SMILES string of the molecule is CCOc1ccccc1C(CN)N(C)Cc1ccoc1. The molecule has 0 radical (unpaired) electrons. The number of likely N-dealkylation sites (N-methyl/N-ethyl adjacent to an activating group) is 1. The monoisotopic (exact) mass is 274 g/mol. The van der Waals surface area contributed by atoms with E-state index in [9.17, 15) is 0 Å². The first-order valence-corrected chi connectivity index (χ1v) is 6.89. The molecule has 0 fully saturated rings. The second-order valence-electron chi connectivity index (χ2n) is 4.77. The molecule has 1 atom stereocenters. The van der Waals surface area contributed by atoms with Crippen LogP contribution >= 0.6 is 0 Å². The third kappa shape index (κ3) is 3.40. The maximum absolute atomic E-state index is 5.98. The number of benzene rings is 1. The van der Waals surface area contributed by atoms with Crippen molar-refractivity contribution >= 4 is 0 Å². The fourth-order valence-corrected chi connectivity index (χ4v) is 2.37. The summed E-state index contributed by atoms with van der Waals surface area (Å²) in [6.45, 7) is 3.97. The molecule has 2 N–H and O–H groups in total. The van der Waals surface area contributed by atoms with Gasteiger partial charge in [-0.15, -0.1) is 0 Å². The minimum atomic E-state index is 0.118. The van der Waals surface area contributed by atoms with E-state index in [1.54, 1.807) is 12.5 Å². The first kappa shape index (κ1) is 14.6. The van der Waals surface area contributed by atoms with Gasteiger partial charge in [0.1, 0.15) is 5.75 Å². The maximum Gasteiger partial charge on any atom is 0.124 e. The molecule has 0 spiro atoms. The van der Waals surface area contributed by atoms with Crippen LogP contribution in [0.2, 0.25) is 0 Å². The van der Waals surface area contributed by atoms with Crippen molar-refractivity contribution in [3.05, 3.63) is 54.0 Å². The van der Waals surface area contributed by atoms with Gasteiger partial charge in [0.2, 0.25) is 0 Å². The summed E-state index contributed by atoms with van der Waals surface area (Å²) < 4.78 is 10.8. The summed E-state index contributed by atoms with van der Waals surface area (Å²) in [6.07, 6.45) is 3.45. The van der Waals surface area contributed by atoms with Crippen LogP contribution in [-0.2, 0) is 6.54 Å². The van der Waals surface area contributed by atoms with Crippen LogP contribution in [-0.4, -0.2) is 25.1 Å². The first-order chi connectivity index (χ1) is 9.76. The second kappa shape index (κ2) is 7.12. The molecule has 1 aromatic heterocycles. The van der Waals surface area contributed by atoms with Crippen LogP contribution < -0.4 is 10.5 Å². The van der Waals surface area contributed by atoms with E-state index in [-0.39, 0.29) is 6.04 Å². The van der Waals surface area contributed by atoms with Gasteiger partial charge in [-0.25, -0.2) is 0 Å². The van der Waals surface area contributed by atoms with E-state index in [0.29, 0.717) is 13.2 Å². The highest BCUT2D eigenvalue weighted by atomic mass is 16.5. The van der Waals surface area contributed by atoms with Crippen LogP contribution in [0.1, 0.15) is 24.1 Å². The van der Waals surface area contributed by atoms with Gasteiger partial charge < -0.3 is 14.9 Å². The van der Waals surface area contributed by atoms with E-state index >= 15 is 0 Å². The average molecular weight is 274 g/mol. The Labute approximate surface area is 120 Å². The molecule has 2 rings (SSSR count). The van der Waals surface area contributed by atoms with Crippen molar-refractivity contribution in [2.45, 2.75) is 19.5 Å². The summed E-state index contributed by atoms with van der Waals surface area (Å²) in [5.41, 5.74) is 8.25. The highest BCUT2D eigenvalue weighted by Crippen LogP contribution is 2.29. The summed E-state index contributed by atoms with van der Waals surface area (Å²) in [5.74, 6) is 0.907. The van der Waals surface area contributed by atoms with Gasteiger partial charge >= 0.3 is 0 Å². The van der Waals surface area contributed by atoms with Crippen LogP contribution in [0.4, 0.5) is 0 Å². The lowest BCUT2D eigenvalue weighted by atomic mass is 10.0. The molecular formula is C16H22N2O2. The largest absolute Gasteiger partial charge is 0.494 e. The molecule has 0 aliphatic heterocycles. The second-order valence-corrected chi connectivity index (χ2v) is 4.77. The zero-order chi connectivity index (χ0) is 14.4. The summed E-state index contributed by atoms with van der Waals surface area (Å²) >= 11 is 0. The van der Waals surface area contributed by atoms with Gasteiger partial charge in [-0.05, 0) is 26.1 Å². The van der Waals surface area contributed by atoms with Gasteiger partial charge in [-0.2, -0.15) is 0 Å². The number of rotatable bonds is 7. The van der Waals surface area contributed by atoms with Crippen molar-refractivity contribution in [1.29, 1.82) is 0 Å². The van der Waals surface area contributed by atoms with Crippen molar-refractivity contribution < 1.29 is 9.15 Å². The quantitative estimate of drug-likeness (QED) is 0.843. The van der Waals surface area contributed by atoms with Gasteiger partial charge in [0.25, 0.3) is 0 Å². The zero-order valence-corrected chi connectivity index (χ0v) is 12.1. The summed E-state index contributed by atoms with van der Waals surface area (Å²) in [5, 5.41) is 0. The smallest absolute Gasteiger partial charge is 0.124 e. The molecule has 2 aromatic rings. The Morgan fingerprint density at radius 2 is 2.10 bits per heavy atom. The van der Waals surface area contributed by atoms with Gasteiger partial charge in [-0.3, -0.25) is 4.90 Å². The molecule has 0 amide bonds. The minimum absolute atomic E-state index is 0.118. The summed E-state index contributed by atoms with van der Waals surface area (Å²) in [4.78, 5) is 2.21. The fourth-order valence-electron chi connectivity index (χ4n) is 2.37. The maximum atomic E-state index is 5.98. The molecular weight excluding hydrogens is 252 g/mol. The Morgan fingerprint density at radius 1 is 1.30 bits per heavy atom. The van der Waals surface area contributed by atoms with Gasteiger partial charge in [-0.1, -0.05) is 18.2 Å². The van der Waals surface area contributed by atoms with Crippen LogP contribution in [0.15, 0.2) is 47.3 Å². The van der Waals surface area contributed by atoms with E-state index in [1.807, 2.05) is 31.2 Å². The van der Waals surface area contributed by atoms with Crippen LogP contribution in [0.5, 0.6) is 5.75 Å². The first-order valence-electron chi connectivity index (χ1n) is 6.89. The lowest BCUT2D eigenvalue weighted by Gasteiger charge is -2.28. The van der Waals surface area contributed by atoms with Gasteiger partial charge in [0.05, 0.1) is 25.2 Å². The molecule has 0 aliphatic carbocycles. The van der Waals surface area contributed by atoms with E-state index in [0.717, 1.165) is 23.4 Å². The van der Waals surface area contributed by atoms with Crippen LogP contribution in [0, 0.1) is 0 Å². The van der Waals surface area contributed by atoms with Crippen LogP contribution in [0.3, 0.4) is 0 Å². The molecule has 1 unspecified atom stereocenters. The summed E-state index contributed by atoms with van der Waals surface area (Å²) in [6, 6.07) is 10.2. The number of ether oxygens (including phenoxy) is 1. The Morgan fingerprint density at radius 3 is 2.75 bits per heavy atom. The zero-order valence-electron chi connectivity index (χ0n) is 12.1. The van der Waals surface area contributed by atoms with E-state index in [1.165, 1.54) is 0 Å². The number of nitrogens with two attached hydrogens (primary N) is 1. The van der Waals surface area contributed by atoms with E-state index in [2.05, 4.69) is 18.0 Å². The molecule has 0 saturated carbocycles. The highest BCUT2D eigenvalue weighted by Gasteiger charge is 2.19. The van der Waals surface area contributed by atoms with Crippen molar-refractivity contribution in [2.24, 2.45) is 5.73 Å². The number of furan rings is 1. The van der Waals surface area contributed by atoms with Crippen molar-refractivity contribution in [2.75, 3.05) is 20.2 Å². The summed E-state index contributed by atoms with van der Waals surface area (Å²) in [7, 11) is 2.06. The third-order valence-corrected chi connectivity index (χ3v) is 3.35. The van der Waals surface area contributed by atoms with Gasteiger partial charge in [0.15, 0.2) is 0 Å². The third-order valence-electron chi connectivity index (χ3n) is 3.35. The fraction of sp³-hybridized carbons (Fsp3) is 0.375. The highest BCUT2D eigenvalue weighted by molar-refractivity contribution is 5.36. The van der Waals surface area contributed by atoms with Gasteiger partial charge in [0, 0.05) is 24.2 Å². The Balaban J connectivity index is 2.18. The molecule has 108 valence electrons.